The lowest BCUT2D eigenvalue weighted by Gasteiger charge is -2.51. The van der Waals surface area contributed by atoms with Gasteiger partial charge in [0.1, 0.15) is 18.4 Å². The van der Waals surface area contributed by atoms with Crippen molar-refractivity contribution in [3.05, 3.63) is 94.4 Å². The third-order valence-corrected chi connectivity index (χ3v) is 10.9. The molecule has 3 aliphatic heterocycles. The number of anilines is 1. The molecule has 3 saturated heterocycles. The molecule has 4 aromatic rings. The van der Waals surface area contributed by atoms with Crippen molar-refractivity contribution in [1.29, 1.82) is 0 Å². The van der Waals surface area contributed by atoms with Crippen molar-refractivity contribution in [3.63, 3.8) is 0 Å². The highest BCUT2D eigenvalue weighted by atomic mass is 19.3. The number of carbonyl (C=O) groups excluding carboxylic acids is 3. The Morgan fingerprint density at radius 2 is 1.59 bits per heavy atom. The molecule has 51 heavy (non-hydrogen) atoms. The summed E-state index contributed by atoms with van der Waals surface area (Å²) < 4.78 is 45.4. The molecule has 1 atom stereocenters. The highest BCUT2D eigenvalue weighted by Crippen LogP contribution is 2.51. The maximum Gasteiger partial charge on any atom is 0.410 e. The lowest BCUT2D eigenvalue weighted by Crippen LogP contribution is -2.60. The fourth-order valence-corrected chi connectivity index (χ4v) is 7.89. The molecule has 0 bridgehead atoms. The maximum absolute atomic E-state index is 15.9. The van der Waals surface area contributed by atoms with Crippen LogP contribution in [0, 0.1) is 5.41 Å². The summed E-state index contributed by atoms with van der Waals surface area (Å²) in [6, 6.07) is 20.8. The number of hydrogen-bond donors (Lipinski definition) is 0. The molecule has 7 rings (SSSR count). The number of methoxy groups -OCH3 is 1. The minimum atomic E-state index is -3.11. The lowest BCUT2D eigenvalue weighted by molar-refractivity contribution is -0.173. The average molecular weight is 702 g/mol. The van der Waals surface area contributed by atoms with Crippen LogP contribution in [0.5, 0.6) is 5.75 Å². The van der Waals surface area contributed by atoms with Crippen molar-refractivity contribution in [2.45, 2.75) is 57.2 Å². The largest absolute Gasteiger partial charge is 0.497 e. The average Bonchev–Trinajstić information content (AvgIpc) is 3.40. The van der Waals surface area contributed by atoms with Crippen molar-refractivity contribution in [2.24, 2.45) is 12.5 Å². The molecule has 1 spiro atoms. The number of aryl methyl sites for hydroxylation is 1. The number of nitrogens with zero attached hydrogens (tertiary/aromatic N) is 5. The Hall–Kier alpha value is -5.20. The number of amides is 3. The summed E-state index contributed by atoms with van der Waals surface area (Å²) >= 11 is 0. The van der Waals surface area contributed by atoms with E-state index in [4.69, 9.17) is 9.47 Å². The van der Waals surface area contributed by atoms with Crippen LogP contribution in [-0.4, -0.2) is 76.1 Å². The van der Waals surface area contributed by atoms with E-state index in [-0.39, 0.29) is 63.4 Å². The molecule has 1 aromatic heterocycles. The number of alkyl halides is 2. The predicted octanol–water partition coefficient (Wildman–Crippen LogP) is 5.50. The van der Waals surface area contributed by atoms with Crippen molar-refractivity contribution in [1.82, 2.24) is 18.9 Å². The summed E-state index contributed by atoms with van der Waals surface area (Å²) in [6.45, 7) is 0.255. The number of rotatable bonds is 7. The van der Waals surface area contributed by atoms with Crippen LogP contribution in [0.1, 0.15) is 49.3 Å². The zero-order valence-corrected chi connectivity index (χ0v) is 28.7. The van der Waals surface area contributed by atoms with Crippen LogP contribution < -0.4 is 15.3 Å². The second-order valence-corrected chi connectivity index (χ2v) is 13.8. The van der Waals surface area contributed by atoms with Gasteiger partial charge in [-0.25, -0.2) is 18.4 Å². The molecule has 4 heterocycles. The van der Waals surface area contributed by atoms with Gasteiger partial charge in [-0.15, -0.1) is 0 Å². The standard InChI is InChI=1S/C38H41F2N5O6/c1-41-33-29(42-20-17-37(18-21-42)19-22-43(25-38(37,39)40)36(49)51-24-27-7-4-3-5-8-27)9-6-10-30(33)45(35(41)48)31-15-16-32(46)44(34(31)47)23-26-11-13-28(50-2)14-12-26/h3-14,31H,15-25H2,1-2H3. The van der Waals surface area contributed by atoms with Gasteiger partial charge in [0.2, 0.25) is 5.91 Å². The minimum absolute atomic E-state index is 0.0204. The lowest BCUT2D eigenvalue weighted by atomic mass is 9.68. The summed E-state index contributed by atoms with van der Waals surface area (Å²) in [7, 11) is 3.20. The molecule has 13 heteroatoms. The van der Waals surface area contributed by atoms with Crippen LogP contribution in [0.3, 0.4) is 0 Å². The summed E-state index contributed by atoms with van der Waals surface area (Å²) in [6.07, 6.45) is 0.136. The Morgan fingerprint density at radius 1 is 0.882 bits per heavy atom. The smallest absolute Gasteiger partial charge is 0.410 e. The highest BCUT2D eigenvalue weighted by molar-refractivity contribution is 6.00. The van der Waals surface area contributed by atoms with Crippen LogP contribution >= 0.6 is 0 Å². The number of imide groups is 1. The molecule has 268 valence electrons. The molecule has 1 unspecified atom stereocenters. The molecule has 3 amide bonds. The van der Waals surface area contributed by atoms with Gasteiger partial charge < -0.3 is 19.3 Å². The van der Waals surface area contributed by atoms with Gasteiger partial charge in [0.25, 0.3) is 11.8 Å². The highest BCUT2D eigenvalue weighted by Gasteiger charge is 2.58. The monoisotopic (exact) mass is 701 g/mol. The number of hydrogen-bond acceptors (Lipinski definition) is 7. The Morgan fingerprint density at radius 3 is 2.27 bits per heavy atom. The van der Waals surface area contributed by atoms with E-state index in [1.807, 2.05) is 41.3 Å². The fourth-order valence-electron chi connectivity index (χ4n) is 7.89. The molecule has 0 saturated carbocycles. The van der Waals surface area contributed by atoms with Crippen LogP contribution in [0.15, 0.2) is 77.6 Å². The van der Waals surface area contributed by atoms with E-state index in [2.05, 4.69) is 0 Å². The quantitative estimate of drug-likeness (QED) is 0.234. The number of fused-ring (bicyclic) bond motifs is 1. The number of carbonyl (C=O) groups is 3. The fraction of sp³-hybridized carbons (Fsp3) is 0.421. The number of benzene rings is 3. The Labute approximate surface area is 293 Å². The van der Waals surface area contributed by atoms with E-state index in [1.165, 1.54) is 14.0 Å². The number of aromatic nitrogens is 2. The number of piperidine rings is 3. The topological polar surface area (TPSA) is 106 Å². The van der Waals surface area contributed by atoms with E-state index in [9.17, 15) is 19.2 Å². The first-order chi connectivity index (χ1) is 24.5. The first kappa shape index (κ1) is 34.3. The van der Waals surface area contributed by atoms with Crippen LogP contribution in [0.4, 0.5) is 19.3 Å². The first-order valence-electron chi connectivity index (χ1n) is 17.3. The predicted molar refractivity (Wildman–Crippen MR) is 186 cm³/mol. The molecule has 11 nitrogen and oxygen atoms in total. The Kier molecular flexibility index (Phi) is 9.07. The van der Waals surface area contributed by atoms with Gasteiger partial charge >= 0.3 is 11.8 Å². The minimum Gasteiger partial charge on any atom is -0.497 e. The zero-order chi connectivity index (χ0) is 35.9. The molecule has 0 aliphatic carbocycles. The molecular formula is C38H41F2N5O6. The third kappa shape index (κ3) is 6.23. The van der Waals surface area contributed by atoms with Gasteiger partial charge in [-0.1, -0.05) is 48.5 Å². The van der Waals surface area contributed by atoms with Gasteiger partial charge in [-0.2, -0.15) is 0 Å². The number of para-hydroxylation sites is 1. The van der Waals surface area contributed by atoms with Gasteiger partial charge in [0, 0.05) is 38.5 Å². The second-order valence-electron chi connectivity index (χ2n) is 13.8. The maximum atomic E-state index is 15.9. The van der Waals surface area contributed by atoms with Crippen molar-refractivity contribution < 1.29 is 32.6 Å². The number of ether oxygens (including phenoxy) is 2. The van der Waals surface area contributed by atoms with Gasteiger partial charge in [0.05, 0.1) is 36.9 Å². The van der Waals surface area contributed by atoms with Crippen LogP contribution in [0.2, 0.25) is 0 Å². The normalized spacial score (nSPS) is 20.2. The molecular weight excluding hydrogens is 660 g/mol. The third-order valence-electron chi connectivity index (χ3n) is 10.9. The molecule has 3 aromatic carbocycles. The van der Waals surface area contributed by atoms with Crippen LogP contribution in [0.25, 0.3) is 11.0 Å². The van der Waals surface area contributed by atoms with E-state index in [0.29, 0.717) is 29.9 Å². The molecule has 0 radical (unpaired) electrons. The summed E-state index contributed by atoms with van der Waals surface area (Å²) in [4.78, 5) is 57.7. The molecule has 3 fully saturated rings. The van der Waals surface area contributed by atoms with E-state index < -0.39 is 35.9 Å². The summed E-state index contributed by atoms with van der Waals surface area (Å²) in [5, 5.41) is 0. The van der Waals surface area contributed by atoms with E-state index in [1.54, 1.807) is 50.6 Å². The van der Waals surface area contributed by atoms with Gasteiger partial charge in [-0.3, -0.25) is 23.6 Å². The van der Waals surface area contributed by atoms with Crippen molar-refractivity contribution in [3.8, 4) is 5.75 Å². The SMILES string of the molecule is COc1ccc(CN2C(=O)CCC(n3c(=O)n(C)c4c(N5CCC6(CCN(C(=O)OCc7ccccc7)CC6(F)F)CC5)cccc43)C2=O)cc1. The molecule has 0 N–H and O–H groups in total. The first-order valence-corrected chi connectivity index (χ1v) is 17.3. The van der Waals surface area contributed by atoms with Crippen molar-refractivity contribution in [2.75, 3.05) is 38.2 Å². The van der Waals surface area contributed by atoms with Crippen molar-refractivity contribution >= 4 is 34.6 Å². The van der Waals surface area contributed by atoms with Crippen LogP contribution in [-0.2, 0) is 34.5 Å². The number of halogens is 2. The number of imidazole rings is 1. The zero-order valence-electron chi connectivity index (χ0n) is 28.7. The van der Waals surface area contributed by atoms with E-state index in [0.717, 1.165) is 21.7 Å². The van der Waals surface area contributed by atoms with Gasteiger partial charge in [-0.05, 0) is 61.1 Å². The Bertz CT molecular complexity index is 2000. The summed E-state index contributed by atoms with van der Waals surface area (Å²) in [5.74, 6) is -3.19. The summed E-state index contributed by atoms with van der Waals surface area (Å²) in [5.41, 5.74) is 1.76. The van der Waals surface area contributed by atoms with Gasteiger partial charge in [0.15, 0.2) is 0 Å². The van der Waals surface area contributed by atoms with E-state index >= 15 is 8.78 Å². The number of likely N-dealkylation sites (tertiary alicyclic amines) is 2. The second kappa shape index (κ2) is 13.5. The Balaban J connectivity index is 1.07. The molecule has 3 aliphatic rings.